The summed E-state index contributed by atoms with van der Waals surface area (Å²) >= 11 is 0. The molecule has 0 unspecified atom stereocenters. The number of aromatic nitrogens is 1. The number of pyridine rings is 1. The Bertz CT molecular complexity index is 1580. The Morgan fingerprint density at radius 1 is 0.857 bits per heavy atom. The van der Waals surface area contributed by atoms with Crippen LogP contribution in [0.25, 0.3) is 10.9 Å². The van der Waals surface area contributed by atoms with Gasteiger partial charge in [0.25, 0.3) is 0 Å². The zero-order valence-corrected chi connectivity index (χ0v) is 24.4. The number of methoxy groups -OCH3 is 2. The lowest BCUT2D eigenvalue weighted by molar-refractivity contribution is -0.131. The smallest absolute Gasteiger partial charge is 0.240 e. The second kappa shape index (κ2) is 12.5. The molecule has 3 aromatic carbocycles. The number of amides is 2. The van der Waals surface area contributed by atoms with E-state index in [0.717, 1.165) is 36.3 Å². The molecule has 42 heavy (non-hydrogen) atoms. The van der Waals surface area contributed by atoms with Gasteiger partial charge in [-0.1, -0.05) is 32.0 Å². The summed E-state index contributed by atoms with van der Waals surface area (Å²) in [5.41, 5.74) is 1.99. The number of para-hydroxylation sites is 1. The summed E-state index contributed by atoms with van der Waals surface area (Å²) in [4.78, 5) is 33.3. The molecule has 218 valence electrons. The molecule has 0 saturated heterocycles. The van der Waals surface area contributed by atoms with E-state index in [-0.39, 0.29) is 11.8 Å². The normalized spacial score (nSPS) is 13.5. The van der Waals surface area contributed by atoms with Crippen molar-refractivity contribution in [3.63, 3.8) is 0 Å². The van der Waals surface area contributed by atoms with Crippen LogP contribution >= 0.6 is 0 Å². The van der Waals surface area contributed by atoms with Gasteiger partial charge in [0.15, 0.2) is 11.5 Å². The number of carbonyl (C=O) groups excluding carboxylic acids is 2. The third kappa shape index (κ3) is 6.01. The fraction of sp³-hybridized carbons (Fsp3) is 0.303. The monoisotopic (exact) mass is 568 g/mol. The second-order valence-electron chi connectivity index (χ2n) is 10.3. The van der Waals surface area contributed by atoms with Gasteiger partial charge >= 0.3 is 0 Å². The average Bonchev–Trinajstić information content (AvgIpc) is 3.83. The zero-order chi connectivity index (χ0) is 29.7. The van der Waals surface area contributed by atoms with Crippen molar-refractivity contribution in [3.8, 4) is 23.0 Å². The molecule has 0 radical (unpaired) electrons. The number of hydrogen-bond donors (Lipinski definition) is 2. The van der Waals surface area contributed by atoms with E-state index in [1.54, 1.807) is 56.8 Å². The third-order valence-corrected chi connectivity index (χ3v) is 7.72. The van der Waals surface area contributed by atoms with Gasteiger partial charge in [-0.3, -0.25) is 19.5 Å². The highest BCUT2D eigenvalue weighted by Gasteiger charge is 2.56. The van der Waals surface area contributed by atoms with Crippen molar-refractivity contribution in [2.75, 3.05) is 37.9 Å². The molecular formula is C33H36N4O5. The van der Waals surface area contributed by atoms with Crippen LogP contribution in [0.15, 0.2) is 72.9 Å². The largest absolute Gasteiger partial charge is 0.493 e. The number of nitrogens with zero attached hydrogens (tertiary/aromatic N) is 2. The van der Waals surface area contributed by atoms with Crippen molar-refractivity contribution in [1.29, 1.82) is 0 Å². The van der Waals surface area contributed by atoms with Gasteiger partial charge < -0.3 is 24.8 Å². The number of hydrogen-bond acceptors (Lipinski definition) is 7. The number of rotatable bonds is 12. The first-order chi connectivity index (χ1) is 20.4. The highest BCUT2D eigenvalue weighted by Crippen LogP contribution is 2.48. The lowest BCUT2D eigenvalue weighted by Gasteiger charge is -2.21. The molecular weight excluding hydrogens is 532 g/mol. The highest BCUT2D eigenvalue weighted by molar-refractivity contribution is 6.17. The van der Waals surface area contributed by atoms with Crippen LogP contribution in [0.3, 0.4) is 0 Å². The Labute approximate surface area is 245 Å². The molecule has 5 rings (SSSR count). The fourth-order valence-corrected chi connectivity index (χ4v) is 4.91. The van der Waals surface area contributed by atoms with Gasteiger partial charge in [-0.05, 0) is 74.0 Å². The summed E-state index contributed by atoms with van der Waals surface area (Å²) in [5.74, 6) is 1.76. The van der Waals surface area contributed by atoms with Gasteiger partial charge in [0.2, 0.25) is 11.8 Å². The van der Waals surface area contributed by atoms with E-state index in [4.69, 9.17) is 14.2 Å². The molecule has 1 aliphatic carbocycles. The lowest BCUT2D eigenvalue weighted by atomic mass is 10.0. The van der Waals surface area contributed by atoms with Crippen LogP contribution in [-0.2, 0) is 16.1 Å². The van der Waals surface area contributed by atoms with Crippen molar-refractivity contribution in [1.82, 2.24) is 9.88 Å². The Morgan fingerprint density at radius 3 is 2.19 bits per heavy atom. The summed E-state index contributed by atoms with van der Waals surface area (Å²) in [6.45, 7) is 6.79. The molecule has 0 bridgehead atoms. The Kier molecular flexibility index (Phi) is 8.59. The molecule has 1 aliphatic rings. The second-order valence-corrected chi connectivity index (χ2v) is 10.3. The molecule has 0 atom stereocenters. The zero-order valence-electron chi connectivity index (χ0n) is 24.4. The average molecular weight is 569 g/mol. The first-order valence-electron chi connectivity index (χ1n) is 14.1. The maximum atomic E-state index is 13.3. The Hall–Kier alpha value is -4.63. The van der Waals surface area contributed by atoms with Crippen molar-refractivity contribution in [2.45, 2.75) is 33.2 Å². The van der Waals surface area contributed by atoms with E-state index in [0.29, 0.717) is 47.0 Å². The summed E-state index contributed by atoms with van der Waals surface area (Å²) in [5, 5.41) is 6.72. The molecule has 0 aliphatic heterocycles. The number of anilines is 2. The standard InChI is InChI=1S/C33H36N4O5/c1-5-37(6-2)21-22-9-7-8-10-26(22)36-32(39)33(16-17-33)31(38)35-23-11-13-24(14-12-23)42-28-15-18-34-27-20-30(41-4)29(40-3)19-25(27)28/h7-15,18-20H,5-6,16-17,21H2,1-4H3,(H,35,38)(H,36,39). The number of fused-ring (bicyclic) bond motifs is 1. The van der Waals surface area contributed by atoms with Gasteiger partial charge in [-0.15, -0.1) is 0 Å². The maximum absolute atomic E-state index is 13.3. The first-order valence-corrected chi connectivity index (χ1v) is 14.1. The van der Waals surface area contributed by atoms with Crippen LogP contribution in [-0.4, -0.2) is 49.0 Å². The third-order valence-electron chi connectivity index (χ3n) is 7.72. The van der Waals surface area contributed by atoms with Crippen LogP contribution in [0.4, 0.5) is 11.4 Å². The van der Waals surface area contributed by atoms with Gasteiger partial charge in [0, 0.05) is 35.6 Å². The SMILES string of the molecule is CCN(CC)Cc1ccccc1NC(=O)C1(C(=O)Nc2ccc(Oc3ccnc4cc(OC)c(OC)cc34)cc2)CC1. The van der Waals surface area contributed by atoms with E-state index >= 15 is 0 Å². The maximum Gasteiger partial charge on any atom is 0.240 e. The number of carbonyl (C=O) groups is 2. The molecule has 2 N–H and O–H groups in total. The minimum Gasteiger partial charge on any atom is -0.493 e. The van der Waals surface area contributed by atoms with Crippen molar-refractivity contribution in [2.24, 2.45) is 5.41 Å². The molecule has 1 aromatic heterocycles. The van der Waals surface area contributed by atoms with E-state index in [9.17, 15) is 9.59 Å². The van der Waals surface area contributed by atoms with Crippen LogP contribution in [0, 0.1) is 5.41 Å². The van der Waals surface area contributed by atoms with E-state index in [1.165, 1.54) is 0 Å². The molecule has 9 nitrogen and oxygen atoms in total. The molecule has 1 heterocycles. The molecule has 0 spiro atoms. The fourth-order valence-electron chi connectivity index (χ4n) is 4.91. The van der Waals surface area contributed by atoms with E-state index < -0.39 is 5.41 Å². The minimum atomic E-state index is -1.08. The highest BCUT2D eigenvalue weighted by atomic mass is 16.5. The summed E-state index contributed by atoms with van der Waals surface area (Å²) in [6.07, 6.45) is 2.68. The van der Waals surface area contributed by atoms with Crippen molar-refractivity contribution in [3.05, 3.63) is 78.5 Å². The Morgan fingerprint density at radius 2 is 1.52 bits per heavy atom. The van der Waals surface area contributed by atoms with Gasteiger partial charge in [0.1, 0.15) is 16.9 Å². The van der Waals surface area contributed by atoms with E-state index in [2.05, 4.69) is 34.4 Å². The van der Waals surface area contributed by atoms with Gasteiger partial charge in [-0.2, -0.15) is 0 Å². The summed E-state index contributed by atoms with van der Waals surface area (Å²) in [7, 11) is 3.16. The number of nitrogens with one attached hydrogen (secondary N) is 2. The van der Waals surface area contributed by atoms with Crippen molar-refractivity contribution < 1.29 is 23.8 Å². The predicted octanol–water partition coefficient (Wildman–Crippen LogP) is 6.24. The number of benzene rings is 3. The quantitative estimate of drug-likeness (QED) is 0.195. The lowest BCUT2D eigenvalue weighted by Crippen LogP contribution is -2.36. The molecule has 1 fully saturated rings. The van der Waals surface area contributed by atoms with Gasteiger partial charge in [-0.25, -0.2) is 0 Å². The minimum absolute atomic E-state index is 0.274. The summed E-state index contributed by atoms with van der Waals surface area (Å²) < 4.78 is 17.0. The molecule has 1 saturated carbocycles. The first kappa shape index (κ1) is 28.9. The molecule has 2 amide bonds. The Balaban J connectivity index is 1.25. The summed E-state index contributed by atoms with van der Waals surface area (Å²) in [6, 6.07) is 20.2. The van der Waals surface area contributed by atoms with Gasteiger partial charge in [0.05, 0.1) is 19.7 Å². The van der Waals surface area contributed by atoms with Crippen LogP contribution in [0.5, 0.6) is 23.0 Å². The van der Waals surface area contributed by atoms with E-state index in [1.807, 2.05) is 30.3 Å². The predicted molar refractivity (Wildman–Crippen MR) is 163 cm³/mol. The van der Waals surface area contributed by atoms with Crippen LogP contribution in [0.1, 0.15) is 32.3 Å². The van der Waals surface area contributed by atoms with Crippen molar-refractivity contribution >= 4 is 34.1 Å². The topological polar surface area (TPSA) is 102 Å². The molecule has 4 aromatic rings. The molecule has 9 heteroatoms. The van der Waals surface area contributed by atoms with Crippen LogP contribution < -0.4 is 24.8 Å². The van der Waals surface area contributed by atoms with Crippen LogP contribution in [0.2, 0.25) is 0 Å². The number of ether oxygens (including phenoxy) is 3.